The molecule has 19 heavy (non-hydrogen) atoms. The summed E-state index contributed by atoms with van der Waals surface area (Å²) in [4.78, 5) is 14.7. The number of carboxylic acids is 1. The van der Waals surface area contributed by atoms with Gasteiger partial charge in [-0.15, -0.1) is 0 Å². The molecule has 0 spiro atoms. The van der Waals surface area contributed by atoms with Crippen molar-refractivity contribution in [3.8, 4) is 23.0 Å². The summed E-state index contributed by atoms with van der Waals surface area (Å²) in [6.07, 6.45) is 1.10. The van der Waals surface area contributed by atoms with Crippen LogP contribution in [0.3, 0.4) is 0 Å². The number of nitrogens with zero attached hydrogens (tertiary/aromatic N) is 1. The minimum absolute atomic E-state index is 0.135. The van der Waals surface area contributed by atoms with Crippen molar-refractivity contribution >= 4 is 5.97 Å². The number of methoxy groups -OCH3 is 2. The molecule has 0 bridgehead atoms. The standard InChI is InChI=1S/C13H13NO5/c1-7-4-10(17-2)11(18-3)5-8(7)12-14-9(6-19-12)13(15)16/h4-6H,1-3H3,(H,15,16). The van der Waals surface area contributed by atoms with Crippen LogP contribution in [-0.4, -0.2) is 30.3 Å². The highest BCUT2D eigenvalue weighted by Crippen LogP contribution is 2.34. The zero-order valence-corrected chi connectivity index (χ0v) is 10.8. The number of hydrogen-bond donors (Lipinski definition) is 1. The first kappa shape index (κ1) is 12.9. The second kappa shape index (κ2) is 5.01. The van der Waals surface area contributed by atoms with Crippen molar-refractivity contribution in [2.24, 2.45) is 0 Å². The number of benzene rings is 1. The van der Waals surface area contributed by atoms with Crippen LogP contribution in [0.4, 0.5) is 0 Å². The van der Waals surface area contributed by atoms with E-state index in [4.69, 9.17) is 19.0 Å². The molecule has 0 saturated carbocycles. The van der Waals surface area contributed by atoms with Crippen molar-refractivity contribution in [3.05, 3.63) is 29.7 Å². The Labute approximate surface area is 109 Å². The Balaban J connectivity index is 2.51. The van der Waals surface area contributed by atoms with Crippen LogP contribution >= 0.6 is 0 Å². The maximum absolute atomic E-state index is 10.8. The predicted octanol–water partition coefficient (Wildman–Crippen LogP) is 2.37. The van der Waals surface area contributed by atoms with E-state index in [0.717, 1.165) is 11.8 Å². The summed E-state index contributed by atoms with van der Waals surface area (Å²) in [5.41, 5.74) is 1.37. The summed E-state index contributed by atoms with van der Waals surface area (Å²) in [5, 5.41) is 8.83. The normalized spacial score (nSPS) is 10.3. The summed E-state index contributed by atoms with van der Waals surface area (Å²) in [7, 11) is 3.07. The molecule has 1 aromatic carbocycles. The van der Waals surface area contributed by atoms with Gasteiger partial charge in [0.2, 0.25) is 5.89 Å². The third kappa shape index (κ3) is 2.37. The number of aromatic carboxylic acids is 1. The fourth-order valence-electron chi connectivity index (χ4n) is 1.71. The van der Waals surface area contributed by atoms with Crippen LogP contribution in [0.25, 0.3) is 11.5 Å². The lowest BCUT2D eigenvalue weighted by atomic mass is 10.1. The van der Waals surface area contributed by atoms with Gasteiger partial charge in [-0.2, -0.15) is 0 Å². The van der Waals surface area contributed by atoms with Crippen LogP contribution in [0.1, 0.15) is 16.1 Å². The monoisotopic (exact) mass is 263 g/mol. The third-order valence-electron chi connectivity index (χ3n) is 2.68. The van der Waals surface area contributed by atoms with Crippen molar-refractivity contribution in [1.82, 2.24) is 4.98 Å². The number of ether oxygens (including phenoxy) is 2. The van der Waals surface area contributed by atoms with Crippen LogP contribution in [0.15, 0.2) is 22.8 Å². The molecule has 0 aliphatic carbocycles. The molecule has 0 fully saturated rings. The van der Waals surface area contributed by atoms with Crippen molar-refractivity contribution in [2.45, 2.75) is 6.92 Å². The largest absolute Gasteiger partial charge is 0.493 e. The Morgan fingerprint density at radius 3 is 2.42 bits per heavy atom. The molecule has 0 radical (unpaired) electrons. The van der Waals surface area contributed by atoms with Gasteiger partial charge in [0, 0.05) is 5.56 Å². The molecule has 6 heteroatoms. The van der Waals surface area contributed by atoms with E-state index in [9.17, 15) is 4.79 Å². The van der Waals surface area contributed by atoms with E-state index >= 15 is 0 Å². The Kier molecular flexibility index (Phi) is 3.41. The molecule has 0 aliphatic heterocycles. The lowest BCUT2D eigenvalue weighted by molar-refractivity contribution is 0.0690. The van der Waals surface area contributed by atoms with Crippen LogP contribution in [0.2, 0.25) is 0 Å². The van der Waals surface area contributed by atoms with Gasteiger partial charge >= 0.3 is 5.97 Å². The second-order valence-corrected chi connectivity index (χ2v) is 3.87. The molecule has 100 valence electrons. The molecule has 2 aromatic rings. The van der Waals surface area contributed by atoms with E-state index < -0.39 is 5.97 Å². The second-order valence-electron chi connectivity index (χ2n) is 3.87. The molecular weight excluding hydrogens is 250 g/mol. The molecule has 1 aromatic heterocycles. The first-order valence-corrected chi connectivity index (χ1v) is 5.48. The average molecular weight is 263 g/mol. The highest BCUT2D eigenvalue weighted by molar-refractivity contribution is 5.85. The topological polar surface area (TPSA) is 81.8 Å². The minimum Gasteiger partial charge on any atom is -0.493 e. The number of carbonyl (C=O) groups is 1. The van der Waals surface area contributed by atoms with E-state index in [1.54, 1.807) is 19.2 Å². The van der Waals surface area contributed by atoms with Crippen LogP contribution in [0.5, 0.6) is 11.5 Å². The van der Waals surface area contributed by atoms with Crippen LogP contribution in [-0.2, 0) is 0 Å². The molecule has 0 aliphatic rings. The van der Waals surface area contributed by atoms with Gasteiger partial charge in [-0.25, -0.2) is 9.78 Å². The van der Waals surface area contributed by atoms with Crippen molar-refractivity contribution in [3.63, 3.8) is 0 Å². The third-order valence-corrected chi connectivity index (χ3v) is 2.68. The smallest absolute Gasteiger partial charge is 0.357 e. The average Bonchev–Trinajstić information content (AvgIpc) is 2.87. The number of aryl methyl sites for hydroxylation is 1. The van der Waals surface area contributed by atoms with Gasteiger partial charge in [0.25, 0.3) is 0 Å². The summed E-state index contributed by atoms with van der Waals surface area (Å²) in [6, 6.07) is 3.48. The number of oxazole rings is 1. The van der Waals surface area contributed by atoms with E-state index in [-0.39, 0.29) is 11.6 Å². The van der Waals surface area contributed by atoms with Gasteiger partial charge in [-0.1, -0.05) is 0 Å². The number of rotatable bonds is 4. The van der Waals surface area contributed by atoms with Gasteiger partial charge in [0.15, 0.2) is 17.2 Å². The fourth-order valence-corrected chi connectivity index (χ4v) is 1.71. The van der Waals surface area contributed by atoms with Gasteiger partial charge in [0.05, 0.1) is 14.2 Å². The fraction of sp³-hybridized carbons (Fsp3) is 0.231. The van der Waals surface area contributed by atoms with Gasteiger partial charge in [0.1, 0.15) is 6.26 Å². The predicted molar refractivity (Wildman–Crippen MR) is 66.7 cm³/mol. The Morgan fingerprint density at radius 2 is 1.89 bits per heavy atom. The zero-order valence-electron chi connectivity index (χ0n) is 10.8. The SMILES string of the molecule is COc1cc(C)c(-c2nc(C(=O)O)co2)cc1OC. The Morgan fingerprint density at radius 1 is 1.26 bits per heavy atom. The maximum atomic E-state index is 10.8. The first-order chi connectivity index (χ1) is 9.06. The zero-order chi connectivity index (χ0) is 14.0. The first-order valence-electron chi connectivity index (χ1n) is 5.48. The van der Waals surface area contributed by atoms with Crippen LogP contribution < -0.4 is 9.47 Å². The molecule has 1 heterocycles. The van der Waals surface area contributed by atoms with Crippen molar-refractivity contribution in [1.29, 1.82) is 0 Å². The highest BCUT2D eigenvalue weighted by Gasteiger charge is 2.16. The Hall–Kier alpha value is -2.50. The summed E-state index contributed by atoms with van der Waals surface area (Å²) in [5.74, 6) is 0.218. The van der Waals surface area contributed by atoms with E-state index in [2.05, 4.69) is 4.98 Å². The molecule has 1 N–H and O–H groups in total. The summed E-state index contributed by atoms with van der Waals surface area (Å²) >= 11 is 0. The molecular formula is C13H13NO5. The lowest BCUT2D eigenvalue weighted by Crippen LogP contribution is -1.96. The maximum Gasteiger partial charge on any atom is 0.357 e. The van der Waals surface area contributed by atoms with Crippen LogP contribution in [0, 0.1) is 6.92 Å². The van der Waals surface area contributed by atoms with Gasteiger partial charge in [-0.3, -0.25) is 0 Å². The van der Waals surface area contributed by atoms with Gasteiger partial charge < -0.3 is 19.0 Å². The molecule has 0 atom stereocenters. The van der Waals surface area contributed by atoms with Crippen molar-refractivity contribution < 1.29 is 23.8 Å². The van der Waals surface area contributed by atoms with Crippen molar-refractivity contribution in [2.75, 3.05) is 14.2 Å². The quantitative estimate of drug-likeness (QED) is 0.911. The molecule has 0 amide bonds. The van der Waals surface area contributed by atoms with Gasteiger partial charge in [-0.05, 0) is 24.6 Å². The number of carboxylic acid groups (broad SMARTS) is 1. The number of hydrogen-bond acceptors (Lipinski definition) is 5. The van der Waals surface area contributed by atoms with E-state index in [0.29, 0.717) is 17.1 Å². The molecule has 2 rings (SSSR count). The summed E-state index contributed by atoms with van der Waals surface area (Å²) < 4.78 is 15.6. The number of aromatic nitrogens is 1. The molecule has 6 nitrogen and oxygen atoms in total. The van der Waals surface area contributed by atoms with E-state index in [1.165, 1.54) is 7.11 Å². The lowest BCUT2D eigenvalue weighted by Gasteiger charge is -2.10. The molecule has 0 saturated heterocycles. The summed E-state index contributed by atoms with van der Waals surface area (Å²) in [6.45, 7) is 1.85. The highest BCUT2D eigenvalue weighted by atomic mass is 16.5. The minimum atomic E-state index is -1.13. The Bertz CT molecular complexity index is 617. The molecule has 0 unspecified atom stereocenters. The van der Waals surface area contributed by atoms with E-state index in [1.807, 2.05) is 6.92 Å².